The fourth-order valence-electron chi connectivity index (χ4n) is 3.59. The molecule has 1 N–H and O–H groups in total. The monoisotopic (exact) mass is 441 g/mol. The van der Waals surface area contributed by atoms with Gasteiger partial charge in [0, 0.05) is 24.4 Å². The third-order valence-electron chi connectivity index (χ3n) is 5.06. The Morgan fingerprint density at radius 3 is 2.70 bits per heavy atom. The van der Waals surface area contributed by atoms with Crippen LogP contribution in [0.3, 0.4) is 0 Å². The highest BCUT2D eigenvalue weighted by Crippen LogP contribution is 2.36. The van der Waals surface area contributed by atoms with Gasteiger partial charge in [-0.15, -0.1) is 0 Å². The van der Waals surface area contributed by atoms with Gasteiger partial charge in [0.05, 0.1) is 5.56 Å². The lowest BCUT2D eigenvalue weighted by atomic mass is 9.87. The largest absolute Gasteiger partial charge is 0.489 e. The van der Waals surface area contributed by atoms with Crippen molar-refractivity contribution in [1.29, 1.82) is 0 Å². The van der Waals surface area contributed by atoms with Gasteiger partial charge in [0.1, 0.15) is 18.2 Å². The van der Waals surface area contributed by atoms with E-state index in [1.165, 1.54) is 11.8 Å². The molecule has 0 bridgehead atoms. The second-order valence-electron chi connectivity index (χ2n) is 7.02. The summed E-state index contributed by atoms with van der Waals surface area (Å²) >= 11 is 7.37. The number of ether oxygens (including phenoxy) is 1. The molecule has 1 aromatic heterocycles. The number of fused-ring (bicyclic) bond motifs is 1. The molecule has 4 rings (SSSR count). The normalized spacial score (nSPS) is 15.4. The van der Waals surface area contributed by atoms with Gasteiger partial charge in [-0.1, -0.05) is 47.6 Å². The van der Waals surface area contributed by atoms with Crippen molar-refractivity contribution in [3.63, 3.8) is 0 Å². The third-order valence-corrected chi connectivity index (χ3v) is 6.03. The van der Waals surface area contributed by atoms with Crippen molar-refractivity contribution in [2.45, 2.75) is 24.1 Å². The molecule has 30 heavy (non-hydrogen) atoms. The van der Waals surface area contributed by atoms with Crippen molar-refractivity contribution in [2.24, 2.45) is 7.05 Å². The van der Waals surface area contributed by atoms with Crippen LogP contribution < -0.4 is 15.6 Å². The minimum absolute atomic E-state index is 0.123. The van der Waals surface area contributed by atoms with Gasteiger partial charge in [0.15, 0.2) is 5.16 Å². The van der Waals surface area contributed by atoms with Crippen molar-refractivity contribution in [2.75, 3.05) is 11.6 Å². The van der Waals surface area contributed by atoms with Crippen molar-refractivity contribution < 1.29 is 9.53 Å². The van der Waals surface area contributed by atoms with E-state index in [1.807, 2.05) is 54.8 Å². The second-order valence-corrected chi connectivity index (χ2v) is 8.23. The number of hydrogen-bond acceptors (Lipinski definition) is 5. The Kier molecular flexibility index (Phi) is 5.83. The average Bonchev–Trinajstić information content (AvgIpc) is 2.74. The molecule has 1 aliphatic heterocycles. The van der Waals surface area contributed by atoms with E-state index >= 15 is 0 Å². The summed E-state index contributed by atoms with van der Waals surface area (Å²) in [6.45, 7) is 0.399. The van der Waals surface area contributed by atoms with E-state index in [9.17, 15) is 9.59 Å². The predicted molar refractivity (Wildman–Crippen MR) is 119 cm³/mol. The average molecular weight is 442 g/mol. The van der Waals surface area contributed by atoms with Gasteiger partial charge in [-0.25, -0.2) is 0 Å². The highest BCUT2D eigenvalue weighted by atomic mass is 35.5. The van der Waals surface area contributed by atoms with E-state index in [4.69, 9.17) is 16.3 Å². The minimum Gasteiger partial charge on any atom is -0.489 e. The van der Waals surface area contributed by atoms with Gasteiger partial charge in [0.25, 0.3) is 5.56 Å². The number of hydrogen-bond donors (Lipinski definition) is 1. The molecule has 1 amide bonds. The lowest BCUT2D eigenvalue weighted by molar-refractivity contribution is -0.116. The van der Waals surface area contributed by atoms with Crippen LogP contribution >= 0.6 is 23.4 Å². The van der Waals surface area contributed by atoms with Crippen LogP contribution in [0.5, 0.6) is 5.75 Å². The molecule has 6 nitrogen and oxygen atoms in total. The van der Waals surface area contributed by atoms with E-state index < -0.39 is 0 Å². The van der Waals surface area contributed by atoms with E-state index in [0.29, 0.717) is 33.9 Å². The SMILES string of the molecule is CSc1nc(=O)c2c(n1C)NC(=O)CC2c1ccc(OCc2cccc(Cl)c2)cc1. The summed E-state index contributed by atoms with van der Waals surface area (Å²) in [6.07, 6.45) is 2.05. The zero-order chi connectivity index (χ0) is 21.3. The smallest absolute Gasteiger partial charge is 0.279 e. The number of nitrogens with zero attached hydrogens (tertiary/aromatic N) is 2. The van der Waals surface area contributed by atoms with Gasteiger partial charge >= 0.3 is 0 Å². The van der Waals surface area contributed by atoms with Crippen LogP contribution in [0.15, 0.2) is 58.5 Å². The number of amides is 1. The highest BCUT2D eigenvalue weighted by Gasteiger charge is 2.31. The van der Waals surface area contributed by atoms with Gasteiger partial charge in [-0.2, -0.15) is 4.98 Å². The summed E-state index contributed by atoms with van der Waals surface area (Å²) in [5.41, 5.74) is 2.06. The number of anilines is 1. The highest BCUT2D eigenvalue weighted by molar-refractivity contribution is 7.98. The molecule has 1 aliphatic rings. The van der Waals surface area contributed by atoms with Crippen molar-refractivity contribution in [3.05, 3.63) is 80.6 Å². The van der Waals surface area contributed by atoms with Crippen LogP contribution in [0.25, 0.3) is 0 Å². The molecule has 0 fully saturated rings. The quantitative estimate of drug-likeness (QED) is 0.474. The molecule has 3 aromatic rings. The molecule has 2 heterocycles. The standard InChI is InChI=1S/C22H20ClN3O3S/c1-26-20-19(21(28)25-22(26)30-2)17(11-18(27)24-20)14-6-8-16(9-7-14)29-12-13-4-3-5-15(23)10-13/h3-10,17H,11-12H2,1-2H3,(H,24,27). The lowest BCUT2D eigenvalue weighted by Gasteiger charge is -2.27. The first-order valence-electron chi connectivity index (χ1n) is 9.38. The maximum Gasteiger partial charge on any atom is 0.279 e. The molecule has 8 heteroatoms. The molecule has 0 aliphatic carbocycles. The Morgan fingerprint density at radius 1 is 1.23 bits per heavy atom. The number of carbonyl (C=O) groups excluding carboxylic acids is 1. The maximum absolute atomic E-state index is 12.7. The summed E-state index contributed by atoms with van der Waals surface area (Å²) < 4.78 is 7.59. The van der Waals surface area contributed by atoms with E-state index in [2.05, 4.69) is 10.3 Å². The number of rotatable bonds is 5. The molecule has 1 atom stereocenters. The summed E-state index contributed by atoms with van der Waals surface area (Å²) in [5.74, 6) is 0.740. The van der Waals surface area contributed by atoms with Crippen LogP contribution in [-0.4, -0.2) is 21.7 Å². The van der Waals surface area contributed by atoms with Crippen LogP contribution in [-0.2, 0) is 18.4 Å². The Morgan fingerprint density at radius 2 is 2.00 bits per heavy atom. The molecule has 0 radical (unpaired) electrons. The number of nitrogens with one attached hydrogen (secondary N) is 1. The number of carbonyl (C=O) groups is 1. The van der Waals surface area contributed by atoms with E-state index in [0.717, 1.165) is 11.1 Å². The summed E-state index contributed by atoms with van der Waals surface area (Å²) in [4.78, 5) is 29.2. The zero-order valence-electron chi connectivity index (χ0n) is 16.5. The molecular formula is C22H20ClN3O3S. The Hall–Kier alpha value is -2.77. The molecule has 154 valence electrons. The molecule has 1 unspecified atom stereocenters. The third kappa shape index (κ3) is 4.08. The van der Waals surface area contributed by atoms with Gasteiger partial charge < -0.3 is 14.6 Å². The Balaban J connectivity index is 1.60. The van der Waals surface area contributed by atoms with Crippen LogP contribution in [0.2, 0.25) is 5.02 Å². The van der Waals surface area contributed by atoms with Gasteiger partial charge in [0.2, 0.25) is 5.91 Å². The zero-order valence-corrected chi connectivity index (χ0v) is 18.1. The first kappa shape index (κ1) is 20.5. The van der Waals surface area contributed by atoms with Crippen molar-refractivity contribution in [1.82, 2.24) is 9.55 Å². The number of halogens is 1. The summed E-state index contributed by atoms with van der Waals surface area (Å²) in [7, 11) is 1.80. The van der Waals surface area contributed by atoms with Crippen molar-refractivity contribution >= 4 is 35.1 Å². The van der Waals surface area contributed by atoms with E-state index in [1.54, 1.807) is 11.6 Å². The number of thioether (sulfide) groups is 1. The van der Waals surface area contributed by atoms with Crippen molar-refractivity contribution in [3.8, 4) is 5.75 Å². The minimum atomic E-state index is -0.349. The lowest BCUT2D eigenvalue weighted by Crippen LogP contribution is -2.33. The van der Waals surface area contributed by atoms with Crippen LogP contribution in [0.1, 0.15) is 29.0 Å². The Bertz CT molecular complexity index is 1160. The molecular weight excluding hydrogens is 422 g/mol. The molecule has 0 saturated heterocycles. The summed E-state index contributed by atoms with van der Waals surface area (Å²) in [6, 6.07) is 15.0. The van der Waals surface area contributed by atoms with Gasteiger partial charge in [-0.3, -0.25) is 9.59 Å². The number of aromatic nitrogens is 2. The Labute approximate surface area is 183 Å². The van der Waals surface area contributed by atoms with Gasteiger partial charge in [-0.05, 0) is 41.6 Å². The fourth-order valence-corrected chi connectivity index (χ4v) is 4.34. The predicted octanol–water partition coefficient (Wildman–Crippen LogP) is 4.21. The molecule has 0 spiro atoms. The topological polar surface area (TPSA) is 73.2 Å². The maximum atomic E-state index is 12.7. The molecule has 2 aromatic carbocycles. The van der Waals surface area contributed by atoms with Crippen LogP contribution in [0, 0.1) is 0 Å². The molecule has 0 saturated carbocycles. The van der Waals surface area contributed by atoms with E-state index in [-0.39, 0.29) is 23.8 Å². The summed E-state index contributed by atoms with van der Waals surface area (Å²) in [5, 5.41) is 4.06. The first-order chi connectivity index (χ1) is 14.5. The van der Waals surface area contributed by atoms with Crippen LogP contribution in [0.4, 0.5) is 5.82 Å². The first-order valence-corrected chi connectivity index (χ1v) is 11.0. The fraction of sp³-hybridized carbons (Fsp3) is 0.227. The number of benzene rings is 2. The second kappa shape index (κ2) is 8.53.